The molecule has 0 saturated carbocycles. The Labute approximate surface area is 71.6 Å². The van der Waals surface area contributed by atoms with Crippen molar-refractivity contribution in [2.45, 2.75) is 20.3 Å². The first-order valence-corrected chi connectivity index (χ1v) is 3.73. The van der Waals surface area contributed by atoms with Crippen LogP contribution in [0, 0.1) is 11.3 Å². The Kier molecular flexibility index (Phi) is 4.54. The number of hydrogen-bond donors (Lipinski definition) is 1. The SMILES string of the molecule is CCO/C(CC)=C(/C#N)C(N)=O. The van der Waals surface area contributed by atoms with Crippen LogP contribution in [0.4, 0.5) is 0 Å². The molecule has 0 bridgehead atoms. The summed E-state index contributed by atoms with van der Waals surface area (Å²) in [7, 11) is 0. The predicted octanol–water partition coefficient (Wildman–Crippen LogP) is 0.696. The fourth-order valence-corrected chi connectivity index (χ4v) is 0.780. The van der Waals surface area contributed by atoms with Gasteiger partial charge < -0.3 is 10.5 Å². The number of ether oxygens (including phenoxy) is 1. The van der Waals surface area contributed by atoms with Crippen molar-refractivity contribution in [3.63, 3.8) is 0 Å². The highest BCUT2D eigenvalue weighted by Gasteiger charge is 2.11. The summed E-state index contributed by atoms with van der Waals surface area (Å²) >= 11 is 0. The number of hydrogen-bond acceptors (Lipinski definition) is 3. The van der Waals surface area contributed by atoms with Crippen molar-refractivity contribution >= 4 is 5.91 Å². The van der Waals surface area contributed by atoms with Crippen LogP contribution in [0.3, 0.4) is 0 Å². The number of nitrogens with two attached hydrogens (primary N) is 1. The van der Waals surface area contributed by atoms with Gasteiger partial charge >= 0.3 is 0 Å². The third-order valence-electron chi connectivity index (χ3n) is 1.28. The average Bonchev–Trinajstić information content (AvgIpc) is 2.03. The fraction of sp³-hybridized carbons (Fsp3) is 0.500. The Balaban J connectivity index is 4.77. The van der Waals surface area contributed by atoms with Crippen molar-refractivity contribution in [1.29, 1.82) is 5.26 Å². The molecule has 66 valence electrons. The van der Waals surface area contributed by atoms with Crippen LogP contribution in [-0.4, -0.2) is 12.5 Å². The number of carbonyl (C=O) groups excluding carboxylic acids is 1. The van der Waals surface area contributed by atoms with Crippen LogP contribution >= 0.6 is 0 Å². The van der Waals surface area contributed by atoms with Gasteiger partial charge in [-0.15, -0.1) is 0 Å². The van der Waals surface area contributed by atoms with Gasteiger partial charge in [-0.25, -0.2) is 0 Å². The van der Waals surface area contributed by atoms with Crippen molar-refractivity contribution in [2.75, 3.05) is 6.61 Å². The topological polar surface area (TPSA) is 76.1 Å². The minimum Gasteiger partial charge on any atom is -0.497 e. The van der Waals surface area contributed by atoms with E-state index in [9.17, 15) is 4.79 Å². The maximum atomic E-state index is 10.7. The summed E-state index contributed by atoms with van der Waals surface area (Å²) in [4.78, 5) is 10.7. The van der Waals surface area contributed by atoms with Crippen LogP contribution in [0.5, 0.6) is 0 Å². The summed E-state index contributed by atoms with van der Waals surface area (Å²) in [6.45, 7) is 4.01. The van der Waals surface area contributed by atoms with Crippen molar-refractivity contribution < 1.29 is 9.53 Å². The van der Waals surface area contributed by atoms with E-state index in [2.05, 4.69) is 0 Å². The van der Waals surface area contributed by atoms with Gasteiger partial charge in [-0.2, -0.15) is 5.26 Å². The lowest BCUT2D eigenvalue weighted by molar-refractivity contribution is -0.114. The largest absolute Gasteiger partial charge is 0.497 e. The average molecular weight is 168 g/mol. The summed E-state index contributed by atoms with van der Waals surface area (Å²) in [6, 6.07) is 1.72. The molecular formula is C8H12N2O2. The molecule has 2 N–H and O–H groups in total. The standard InChI is InChI=1S/C8H12N2O2/c1-3-7(12-4-2)6(5-9)8(10)11/h3-4H2,1-2H3,(H2,10,11)/b7-6-. The van der Waals surface area contributed by atoms with Crippen LogP contribution in [0.1, 0.15) is 20.3 Å². The van der Waals surface area contributed by atoms with Gasteiger partial charge in [0.05, 0.1) is 6.61 Å². The van der Waals surface area contributed by atoms with Gasteiger partial charge in [-0.1, -0.05) is 6.92 Å². The number of allylic oxidation sites excluding steroid dienone is 1. The number of primary amides is 1. The minimum absolute atomic E-state index is 0.0839. The zero-order chi connectivity index (χ0) is 9.56. The van der Waals surface area contributed by atoms with Gasteiger partial charge in [0.2, 0.25) is 0 Å². The van der Waals surface area contributed by atoms with E-state index in [-0.39, 0.29) is 5.57 Å². The van der Waals surface area contributed by atoms with Crippen molar-refractivity contribution in [1.82, 2.24) is 0 Å². The molecule has 0 spiro atoms. The van der Waals surface area contributed by atoms with Crippen molar-refractivity contribution in [2.24, 2.45) is 5.73 Å². The van der Waals surface area contributed by atoms with Crippen molar-refractivity contribution in [3.8, 4) is 6.07 Å². The third-order valence-corrected chi connectivity index (χ3v) is 1.28. The highest BCUT2D eigenvalue weighted by Crippen LogP contribution is 2.09. The van der Waals surface area contributed by atoms with E-state index in [1.165, 1.54) is 0 Å². The molecule has 0 aromatic rings. The lowest BCUT2D eigenvalue weighted by Crippen LogP contribution is -2.15. The Morgan fingerprint density at radius 2 is 2.17 bits per heavy atom. The van der Waals surface area contributed by atoms with E-state index < -0.39 is 5.91 Å². The third kappa shape index (κ3) is 2.62. The van der Waals surface area contributed by atoms with E-state index in [0.29, 0.717) is 18.8 Å². The Bertz CT molecular complexity index is 238. The quantitative estimate of drug-likeness (QED) is 0.381. The molecule has 4 heteroatoms. The van der Waals surface area contributed by atoms with Gasteiger partial charge in [0.15, 0.2) is 5.57 Å². The summed E-state index contributed by atoms with van der Waals surface area (Å²) in [6.07, 6.45) is 0.500. The summed E-state index contributed by atoms with van der Waals surface area (Å²) in [5.74, 6) is -0.365. The fourth-order valence-electron chi connectivity index (χ4n) is 0.780. The molecule has 0 aromatic heterocycles. The number of amides is 1. The Hall–Kier alpha value is -1.50. The maximum absolute atomic E-state index is 10.7. The number of carbonyl (C=O) groups is 1. The smallest absolute Gasteiger partial charge is 0.262 e. The predicted molar refractivity (Wildman–Crippen MR) is 43.8 cm³/mol. The van der Waals surface area contributed by atoms with Crippen molar-refractivity contribution in [3.05, 3.63) is 11.3 Å². The Morgan fingerprint density at radius 1 is 1.58 bits per heavy atom. The van der Waals surface area contributed by atoms with E-state index in [4.69, 9.17) is 15.7 Å². The number of rotatable bonds is 4. The summed E-state index contributed by atoms with van der Waals surface area (Å²) in [5.41, 5.74) is 4.87. The summed E-state index contributed by atoms with van der Waals surface area (Å²) in [5, 5.41) is 8.54. The molecule has 0 rings (SSSR count). The second-order valence-corrected chi connectivity index (χ2v) is 2.06. The molecule has 0 unspecified atom stereocenters. The summed E-state index contributed by atoms with van der Waals surface area (Å²) < 4.78 is 5.06. The first kappa shape index (κ1) is 10.5. The molecule has 0 aromatic carbocycles. The van der Waals surface area contributed by atoms with Gasteiger partial charge in [0, 0.05) is 6.42 Å². The lowest BCUT2D eigenvalue weighted by atomic mass is 10.2. The normalized spacial score (nSPS) is 11.4. The number of nitriles is 1. The lowest BCUT2D eigenvalue weighted by Gasteiger charge is -2.06. The van der Waals surface area contributed by atoms with Crippen LogP contribution in [0.15, 0.2) is 11.3 Å². The van der Waals surface area contributed by atoms with Gasteiger partial charge in [0.1, 0.15) is 11.8 Å². The second-order valence-electron chi connectivity index (χ2n) is 2.06. The highest BCUT2D eigenvalue weighted by molar-refractivity contribution is 5.96. The molecule has 12 heavy (non-hydrogen) atoms. The minimum atomic E-state index is -0.734. The molecule has 0 heterocycles. The molecule has 0 saturated heterocycles. The van der Waals surface area contributed by atoms with E-state index in [1.807, 2.05) is 0 Å². The van der Waals surface area contributed by atoms with Crippen LogP contribution in [-0.2, 0) is 9.53 Å². The van der Waals surface area contributed by atoms with Gasteiger partial charge in [-0.3, -0.25) is 4.79 Å². The zero-order valence-electron chi connectivity index (χ0n) is 7.26. The van der Waals surface area contributed by atoms with Crippen LogP contribution in [0.25, 0.3) is 0 Å². The molecule has 4 nitrogen and oxygen atoms in total. The highest BCUT2D eigenvalue weighted by atomic mass is 16.5. The van der Waals surface area contributed by atoms with Crippen LogP contribution < -0.4 is 5.73 Å². The first-order valence-electron chi connectivity index (χ1n) is 3.73. The van der Waals surface area contributed by atoms with E-state index >= 15 is 0 Å². The number of nitrogens with zero attached hydrogens (tertiary/aromatic N) is 1. The van der Waals surface area contributed by atoms with E-state index in [1.54, 1.807) is 19.9 Å². The van der Waals surface area contributed by atoms with Gasteiger partial charge in [-0.05, 0) is 6.92 Å². The second kappa shape index (κ2) is 5.19. The molecule has 0 aliphatic heterocycles. The molecule has 0 aliphatic rings. The molecule has 0 radical (unpaired) electrons. The zero-order valence-corrected chi connectivity index (χ0v) is 7.26. The van der Waals surface area contributed by atoms with E-state index in [0.717, 1.165) is 0 Å². The first-order chi connectivity index (χ1) is 5.67. The maximum Gasteiger partial charge on any atom is 0.262 e. The molecule has 0 fully saturated rings. The molecule has 0 aliphatic carbocycles. The Morgan fingerprint density at radius 3 is 2.42 bits per heavy atom. The monoisotopic (exact) mass is 168 g/mol. The van der Waals surface area contributed by atoms with Crippen LogP contribution in [0.2, 0.25) is 0 Å². The van der Waals surface area contributed by atoms with Gasteiger partial charge in [0.25, 0.3) is 5.91 Å². The molecular weight excluding hydrogens is 156 g/mol. The molecule has 1 amide bonds. The molecule has 0 atom stereocenters.